The lowest BCUT2D eigenvalue weighted by molar-refractivity contribution is -0.137. The molecule has 0 bridgehead atoms. The van der Waals surface area contributed by atoms with Crippen molar-refractivity contribution >= 4 is 5.78 Å². The fourth-order valence-electron chi connectivity index (χ4n) is 2.14. The van der Waals surface area contributed by atoms with Crippen molar-refractivity contribution in [2.24, 2.45) is 0 Å². The van der Waals surface area contributed by atoms with Crippen LogP contribution >= 0.6 is 0 Å². The third kappa shape index (κ3) is 3.54. The molecule has 0 radical (unpaired) electrons. The lowest BCUT2D eigenvalue weighted by Gasteiger charge is -2.11. The second-order valence-corrected chi connectivity index (χ2v) is 5.08. The highest BCUT2D eigenvalue weighted by Gasteiger charge is 2.31. The Morgan fingerprint density at radius 2 is 2.00 bits per heavy atom. The van der Waals surface area contributed by atoms with Crippen LogP contribution in [0.15, 0.2) is 36.5 Å². The van der Waals surface area contributed by atoms with E-state index in [9.17, 15) is 23.2 Å². The number of aromatic nitrogens is 1. The van der Waals surface area contributed by atoms with Crippen molar-refractivity contribution in [2.75, 3.05) is 7.11 Å². The predicted octanol–water partition coefficient (Wildman–Crippen LogP) is 3.91. The molecule has 0 saturated heterocycles. The molecule has 0 aliphatic rings. The average Bonchev–Trinajstić information content (AvgIpc) is 2.55. The first-order chi connectivity index (χ1) is 11.3. The standard InChI is InChI=1S/C17H13F3N2O2/c1-10-3-4-11(7-15(10)24-2)16(23)13(8-21)14-6-5-12(9-22-14)17(18,19)20/h3-7,9,13H,1-2H3/t13-/m0/s1. The summed E-state index contributed by atoms with van der Waals surface area (Å²) >= 11 is 0. The van der Waals surface area contributed by atoms with Crippen LogP contribution in [0, 0.1) is 18.3 Å². The number of nitrogens with zero attached hydrogens (tertiary/aromatic N) is 2. The van der Waals surface area contributed by atoms with Gasteiger partial charge in [0.15, 0.2) is 11.7 Å². The second kappa shape index (κ2) is 6.71. The lowest BCUT2D eigenvalue weighted by Crippen LogP contribution is -2.14. The van der Waals surface area contributed by atoms with Crippen LogP contribution in [-0.2, 0) is 6.18 Å². The van der Waals surface area contributed by atoms with E-state index in [0.29, 0.717) is 11.9 Å². The van der Waals surface area contributed by atoms with Gasteiger partial charge < -0.3 is 4.74 Å². The number of aryl methyl sites for hydroxylation is 1. The summed E-state index contributed by atoms with van der Waals surface area (Å²) in [7, 11) is 1.45. The summed E-state index contributed by atoms with van der Waals surface area (Å²) in [5.41, 5.74) is 0.0725. The van der Waals surface area contributed by atoms with Gasteiger partial charge in [-0.05, 0) is 30.7 Å². The molecule has 0 amide bonds. The fraction of sp³-hybridized carbons (Fsp3) is 0.235. The number of carbonyl (C=O) groups excluding carboxylic acids is 1. The monoisotopic (exact) mass is 334 g/mol. The Balaban J connectivity index is 2.35. The van der Waals surface area contributed by atoms with Crippen LogP contribution in [0.1, 0.15) is 33.1 Å². The van der Waals surface area contributed by atoms with E-state index in [2.05, 4.69) is 4.98 Å². The molecule has 0 spiro atoms. The number of hydrogen-bond acceptors (Lipinski definition) is 4. The van der Waals surface area contributed by atoms with Crippen LogP contribution in [-0.4, -0.2) is 17.9 Å². The minimum Gasteiger partial charge on any atom is -0.496 e. The molecule has 1 atom stereocenters. The maximum absolute atomic E-state index is 12.6. The zero-order chi connectivity index (χ0) is 17.9. The van der Waals surface area contributed by atoms with Crippen molar-refractivity contribution in [3.8, 4) is 11.8 Å². The summed E-state index contributed by atoms with van der Waals surface area (Å²) in [5, 5.41) is 9.26. The molecular formula is C17H13F3N2O2. The topological polar surface area (TPSA) is 63.0 Å². The van der Waals surface area contributed by atoms with Gasteiger partial charge in [0.2, 0.25) is 0 Å². The van der Waals surface area contributed by atoms with Crippen molar-refractivity contribution in [1.29, 1.82) is 5.26 Å². The number of alkyl halides is 3. The highest BCUT2D eigenvalue weighted by molar-refractivity contribution is 6.02. The van der Waals surface area contributed by atoms with Crippen molar-refractivity contribution in [3.05, 3.63) is 58.9 Å². The Morgan fingerprint density at radius 1 is 1.29 bits per heavy atom. The number of Topliss-reactive ketones (excluding diaryl/α,β-unsaturated/α-hetero) is 1. The fourth-order valence-corrected chi connectivity index (χ4v) is 2.14. The molecule has 4 nitrogen and oxygen atoms in total. The van der Waals surface area contributed by atoms with Gasteiger partial charge in [0.05, 0.1) is 24.4 Å². The molecule has 124 valence electrons. The quantitative estimate of drug-likeness (QED) is 0.795. The number of halogens is 3. The zero-order valence-corrected chi connectivity index (χ0v) is 12.9. The Morgan fingerprint density at radius 3 is 2.50 bits per heavy atom. The first-order valence-corrected chi connectivity index (χ1v) is 6.89. The first kappa shape index (κ1) is 17.5. The molecule has 2 aromatic rings. The first-order valence-electron chi connectivity index (χ1n) is 6.89. The molecule has 1 heterocycles. The summed E-state index contributed by atoms with van der Waals surface area (Å²) in [6, 6.07) is 8.33. The van der Waals surface area contributed by atoms with E-state index in [4.69, 9.17) is 4.74 Å². The normalized spacial score (nSPS) is 12.3. The van der Waals surface area contributed by atoms with Crippen LogP contribution in [0.3, 0.4) is 0 Å². The summed E-state index contributed by atoms with van der Waals surface area (Å²) < 4.78 is 42.8. The van der Waals surface area contributed by atoms with Gasteiger partial charge in [-0.3, -0.25) is 9.78 Å². The number of rotatable bonds is 4. The molecule has 0 unspecified atom stereocenters. The zero-order valence-electron chi connectivity index (χ0n) is 12.9. The minimum absolute atomic E-state index is 0.0324. The molecule has 7 heteroatoms. The molecular weight excluding hydrogens is 321 g/mol. The molecule has 24 heavy (non-hydrogen) atoms. The van der Waals surface area contributed by atoms with E-state index >= 15 is 0 Å². The number of methoxy groups -OCH3 is 1. The maximum Gasteiger partial charge on any atom is 0.417 e. The van der Waals surface area contributed by atoms with Gasteiger partial charge in [-0.15, -0.1) is 0 Å². The van der Waals surface area contributed by atoms with Gasteiger partial charge in [-0.25, -0.2) is 0 Å². The van der Waals surface area contributed by atoms with Gasteiger partial charge >= 0.3 is 6.18 Å². The molecule has 1 aromatic carbocycles. The number of benzene rings is 1. The number of pyridine rings is 1. The number of hydrogen-bond donors (Lipinski definition) is 0. The van der Waals surface area contributed by atoms with Gasteiger partial charge in [0.25, 0.3) is 0 Å². The SMILES string of the molecule is COc1cc(C(=O)[C@@H](C#N)c2ccc(C(F)(F)F)cn2)ccc1C. The van der Waals surface area contributed by atoms with Crippen molar-refractivity contribution in [1.82, 2.24) is 4.98 Å². The van der Waals surface area contributed by atoms with Crippen molar-refractivity contribution in [2.45, 2.75) is 19.0 Å². The number of ether oxygens (including phenoxy) is 1. The van der Waals surface area contributed by atoms with Crippen LogP contribution in [0.2, 0.25) is 0 Å². The predicted molar refractivity (Wildman–Crippen MR) is 79.7 cm³/mol. The number of carbonyl (C=O) groups is 1. The van der Waals surface area contributed by atoms with E-state index in [-0.39, 0.29) is 11.3 Å². The van der Waals surface area contributed by atoms with E-state index in [1.807, 2.05) is 0 Å². The highest BCUT2D eigenvalue weighted by Crippen LogP contribution is 2.30. The third-order valence-electron chi connectivity index (χ3n) is 3.49. The summed E-state index contributed by atoms with van der Waals surface area (Å²) in [4.78, 5) is 16.1. The molecule has 0 fully saturated rings. The third-order valence-corrected chi connectivity index (χ3v) is 3.49. The van der Waals surface area contributed by atoms with Crippen molar-refractivity contribution in [3.63, 3.8) is 0 Å². The maximum atomic E-state index is 12.6. The van der Waals surface area contributed by atoms with Crippen molar-refractivity contribution < 1.29 is 22.7 Å². The molecule has 1 aromatic heterocycles. The molecule has 2 rings (SSSR count). The van der Waals surface area contributed by atoms with Gasteiger partial charge in [0.1, 0.15) is 5.75 Å². The molecule has 0 N–H and O–H groups in total. The lowest BCUT2D eigenvalue weighted by atomic mass is 9.94. The molecule has 0 aliphatic carbocycles. The number of ketones is 1. The number of nitriles is 1. The van der Waals surface area contributed by atoms with Crippen LogP contribution in [0.25, 0.3) is 0 Å². The van der Waals surface area contributed by atoms with E-state index in [1.165, 1.54) is 19.2 Å². The van der Waals surface area contributed by atoms with Crippen LogP contribution in [0.5, 0.6) is 5.75 Å². The van der Waals surface area contributed by atoms with Crippen LogP contribution < -0.4 is 4.74 Å². The Kier molecular flexibility index (Phi) is 4.88. The summed E-state index contributed by atoms with van der Waals surface area (Å²) in [6.07, 6.45) is -3.91. The summed E-state index contributed by atoms with van der Waals surface area (Å²) in [6.45, 7) is 1.80. The van der Waals surface area contributed by atoms with E-state index in [0.717, 1.165) is 17.7 Å². The van der Waals surface area contributed by atoms with Gasteiger partial charge in [-0.2, -0.15) is 18.4 Å². The average molecular weight is 334 g/mol. The highest BCUT2D eigenvalue weighted by atomic mass is 19.4. The Hall–Kier alpha value is -2.88. The minimum atomic E-state index is -4.53. The van der Waals surface area contributed by atoms with E-state index < -0.39 is 23.4 Å². The largest absolute Gasteiger partial charge is 0.496 e. The van der Waals surface area contributed by atoms with Gasteiger partial charge in [-0.1, -0.05) is 12.1 Å². The molecule has 0 saturated carbocycles. The second-order valence-electron chi connectivity index (χ2n) is 5.08. The van der Waals surface area contributed by atoms with Crippen LogP contribution in [0.4, 0.5) is 13.2 Å². The van der Waals surface area contributed by atoms with E-state index in [1.54, 1.807) is 19.1 Å². The molecule has 0 aliphatic heterocycles. The Bertz CT molecular complexity index is 793. The Labute approximate surface area is 136 Å². The van der Waals surface area contributed by atoms with Gasteiger partial charge in [0, 0.05) is 11.8 Å². The smallest absolute Gasteiger partial charge is 0.417 e. The summed E-state index contributed by atoms with van der Waals surface area (Å²) in [5.74, 6) is -1.36.